The second kappa shape index (κ2) is 7.70. The topological polar surface area (TPSA) is 86.8 Å². The molecule has 2 atom stereocenters. The van der Waals surface area contributed by atoms with Gasteiger partial charge in [0.05, 0.1) is 18.5 Å². The molecule has 4 N–H and O–H groups in total. The maximum absolute atomic E-state index is 11.8. The first-order valence-corrected chi connectivity index (χ1v) is 8.81. The van der Waals surface area contributed by atoms with Gasteiger partial charge in [-0.15, -0.1) is 0 Å². The molecule has 0 radical (unpaired) electrons. The van der Waals surface area contributed by atoms with Gasteiger partial charge in [0.15, 0.2) is 5.84 Å². The van der Waals surface area contributed by atoms with E-state index in [4.69, 9.17) is 16.3 Å². The van der Waals surface area contributed by atoms with Crippen molar-refractivity contribution in [3.63, 3.8) is 0 Å². The van der Waals surface area contributed by atoms with Crippen LogP contribution in [0.4, 0.5) is 4.79 Å². The van der Waals surface area contributed by atoms with Crippen LogP contribution in [0.1, 0.15) is 19.4 Å². The van der Waals surface area contributed by atoms with Crippen molar-refractivity contribution in [1.29, 1.82) is 0 Å². The highest BCUT2D eigenvalue weighted by Crippen LogP contribution is 2.29. The number of nitrogens with one attached hydrogen (secondary N) is 4. The lowest BCUT2D eigenvalue weighted by molar-refractivity contribution is 0.235. The highest BCUT2D eigenvalue weighted by molar-refractivity contribution is 6.30. The van der Waals surface area contributed by atoms with E-state index in [1.807, 2.05) is 32.2 Å². The minimum atomic E-state index is -0.346. The number of carbonyl (C=O) groups excluding carboxylic acids is 1. The van der Waals surface area contributed by atoms with E-state index in [1.165, 1.54) is 0 Å². The number of rotatable bonds is 4. The number of fused-ring (bicyclic) bond motifs is 1. The Morgan fingerprint density at radius 1 is 1.38 bits per heavy atom. The molecule has 2 unspecified atom stereocenters. The van der Waals surface area contributed by atoms with E-state index in [-0.39, 0.29) is 18.1 Å². The van der Waals surface area contributed by atoms with Gasteiger partial charge >= 0.3 is 6.03 Å². The van der Waals surface area contributed by atoms with Gasteiger partial charge < -0.3 is 26.0 Å². The number of nitrogens with zero attached hydrogens (tertiary/aromatic N) is 1. The number of dihydropyridines is 1. The number of amides is 2. The van der Waals surface area contributed by atoms with Crippen LogP contribution >= 0.6 is 11.6 Å². The molecule has 3 rings (SSSR count). The number of methoxy groups -OCH3 is 1. The second-order valence-electron chi connectivity index (χ2n) is 6.04. The van der Waals surface area contributed by atoms with Gasteiger partial charge in [-0.1, -0.05) is 24.6 Å². The van der Waals surface area contributed by atoms with Gasteiger partial charge in [0.2, 0.25) is 0 Å². The molecule has 7 nitrogen and oxygen atoms in total. The molecule has 2 aliphatic heterocycles. The highest BCUT2D eigenvalue weighted by atomic mass is 35.5. The molecule has 2 amide bonds. The molecule has 0 bridgehead atoms. The first kappa shape index (κ1) is 18.1. The van der Waals surface area contributed by atoms with Crippen LogP contribution in [0, 0.1) is 5.92 Å². The number of benzene rings is 1. The number of urea groups is 1. The SMILES string of the molecule is CCNC(=O)NC1N=C2NC(c3ccc(Cl)cc3OC)=CNC2=CC1C. The fourth-order valence-corrected chi connectivity index (χ4v) is 2.99. The normalized spacial score (nSPS) is 21.2. The Kier molecular flexibility index (Phi) is 5.37. The van der Waals surface area contributed by atoms with E-state index in [9.17, 15) is 4.79 Å². The minimum absolute atomic E-state index is 0.0608. The van der Waals surface area contributed by atoms with E-state index in [1.54, 1.807) is 19.2 Å². The molecular formula is C18H22ClN5O2. The lowest BCUT2D eigenvalue weighted by Crippen LogP contribution is -2.48. The molecule has 0 aliphatic carbocycles. The van der Waals surface area contributed by atoms with Gasteiger partial charge in [0, 0.05) is 29.2 Å². The molecule has 2 aliphatic rings. The van der Waals surface area contributed by atoms with Gasteiger partial charge in [0.1, 0.15) is 11.9 Å². The molecule has 1 aromatic rings. The predicted octanol–water partition coefficient (Wildman–Crippen LogP) is 2.42. The Labute approximate surface area is 157 Å². The molecule has 0 aromatic heterocycles. The summed E-state index contributed by atoms with van der Waals surface area (Å²) in [5, 5.41) is 12.8. The third kappa shape index (κ3) is 3.77. The highest BCUT2D eigenvalue weighted by Gasteiger charge is 2.27. The number of carbonyl (C=O) groups is 1. The smallest absolute Gasteiger partial charge is 0.316 e. The van der Waals surface area contributed by atoms with E-state index in [0.717, 1.165) is 17.0 Å². The molecule has 26 heavy (non-hydrogen) atoms. The summed E-state index contributed by atoms with van der Waals surface area (Å²) in [6, 6.07) is 5.21. The molecule has 1 aromatic carbocycles. The maximum Gasteiger partial charge on any atom is 0.316 e. The predicted molar refractivity (Wildman–Crippen MR) is 103 cm³/mol. The van der Waals surface area contributed by atoms with Gasteiger partial charge in [-0.25, -0.2) is 9.79 Å². The fraction of sp³-hybridized carbons (Fsp3) is 0.333. The van der Waals surface area contributed by atoms with Crippen LogP contribution < -0.4 is 26.0 Å². The molecule has 8 heteroatoms. The van der Waals surface area contributed by atoms with Crippen LogP contribution in [0.15, 0.2) is 41.2 Å². The molecular weight excluding hydrogens is 354 g/mol. The number of aliphatic imine (C=N–C) groups is 1. The van der Waals surface area contributed by atoms with Crippen LogP contribution in [0.3, 0.4) is 0 Å². The Balaban J connectivity index is 1.84. The van der Waals surface area contributed by atoms with E-state index in [2.05, 4.69) is 26.3 Å². The number of hydrogen-bond donors (Lipinski definition) is 4. The van der Waals surface area contributed by atoms with Gasteiger partial charge in [-0.05, 0) is 25.1 Å². The number of hydrogen-bond acceptors (Lipinski definition) is 5. The van der Waals surface area contributed by atoms with Crippen molar-refractivity contribution in [2.45, 2.75) is 20.0 Å². The number of halogens is 1. The molecule has 0 saturated heterocycles. The Bertz CT molecular complexity index is 803. The third-order valence-corrected chi connectivity index (χ3v) is 4.38. The minimum Gasteiger partial charge on any atom is -0.496 e. The van der Waals surface area contributed by atoms with Crippen LogP contribution in [0.2, 0.25) is 5.02 Å². The first-order valence-electron chi connectivity index (χ1n) is 8.43. The zero-order valence-electron chi connectivity index (χ0n) is 14.9. The summed E-state index contributed by atoms with van der Waals surface area (Å²) in [4.78, 5) is 16.5. The van der Waals surface area contributed by atoms with Crippen molar-refractivity contribution in [2.75, 3.05) is 13.7 Å². The lowest BCUT2D eigenvalue weighted by atomic mass is 10.0. The average molecular weight is 376 g/mol. The maximum atomic E-state index is 11.8. The van der Waals surface area contributed by atoms with Crippen molar-refractivity contribution < 1.29 is 9.53 Å². The van der Waals surface area contributed by atoms with Crippen molar-refractivity contribution in [1.82, 2.24) is 21.3 Å². The van der Waals surface area contributed by atoms with E-state index in [0.29, 0.717) is 23.2 Å². The van der Waals surface area contributed by atoms with Crippen molar-refractivity contribution >= 4 is 29.2 Å². The summed E-state index contributed by atoms with van der Waals surface area (Å²) in [5.41, 5.74) is 2.54. The van der Waals surface area contributed by atoms with Crippen molar-refractivity contribution in [3.05, 3.63) is 46.8 Å². The molecule has 0 spiro atoms. The van der Waals surface area contributed by atoms with E-state index < -0.39 is 0 Å². The largest absolute Gasteiger partial charge is 0.496 e. The summed E-state index contributed by atoms with van der Waals surface area (Å²) in [6.07, 6.45) is 3.56. The molecule has 138 valence electrons. The molecule has 0 saturated carbocycles. The number of ether oxygens (including phenoxy) is 1. The van der Waals surface area contributed by atoms with Gasteiger partial charge in [0.25, 0.3) is 0 Å². The Morgan fingerprint density at radius 3 is 2.92 bits per heavy atom. The summed E-state index contributed by atoms with van der Waals surface area (Å²) in [6.45, 7) is 4.44. The summed E-state index contributed by atoms with van der Waals surface area (Å²) < 4.78 is 5.42. The third-order valence-electron chi connectivity index (χ3n) is 4.15. The van der Waals surface area contributed by atoms with Gasteiger partial charge in [-0.2, -0.15) is 0 Å². The second-order valence-corrected chi connectivity index (χ2v) is 6.47. The summed E-state index contributed by atoms with van der Waals surface area (Å²) in [5.74, 6) is 1.39. The van der Waals surface area contributed by atoms with Crippen LogP contribution in [-0.2, 0) is 0 Å². The van der Waals surface area contributed by atoms with Crippen LogP contribution in [0.25, 0.3) is 5.70 Å². The van der Waals surface area contributed by atoms with Crippen molar-refractivity contribution in [2.24, 2.45) is 10.9 Å². The Hall–Kier alpha value is -2.67. The monoisotopic (exact) mass is 375 g/mol. The van der Waals surface area contributed by atoms with Crippen molar-refractivity contribution in [3.8, 4) is 5.75 Å². The standard InChI is InChI=1S/C18H22ClN5O2/c1-4-20-18(25)24-16-10(2)7-13-17(23-16)22-14(9-21-13)12-6-5-11(19)8-15(12)26-3/h5-10,16,21H,4H2,1-3H3,(H,22,23)(H2,20,24,25). The zero-order valence-corrected chi connectivity index (χ0v) is 15.6. The molecule has 2 heterocycles. The zero-order chi connectivity index (χ0) is 18.7. The Morgan fingerprint density at radius 2 is 2.19 bits per heavy atom. The van der Waals surface area contributed by atoms with Crippen LogP contribution in [-0.4, -0.2) is 31.7 Å². The average Bonchev–Trinajstić information content (AvgIpc) is 2.62. The lowest BCUT2D eigenvalue weighted by Gasteiger charge is -2.30. The quantitative estimate of drug-likeness (QED) is 0.651. The summed E-state index contributed by atoms with van der Waals surface area (Å²) >= 11 is 6.04. The van der Waals surface area contributed by atoms with E-state index >= 15 is 0 Å². The van der Waals surface area contributed by atoms with Gasteiger partial charge in [-0.3, -0.25) is 0 Å². The van der Waals surface area contributed by atoms with Crippen LogP contribution in [0.5, 0.6) is 5.75 Å². The fourth-order valence-electron chi connectivity index (χ4n) is 2.83. The summed E-state index contributed by atoms with van der Waals surface area (Å²) in [7, 11) is 1.60. The molecule has 0 fully saturated rings. The number of amidine groups is 1. The first-order chi connectivity index (χ1) is 12.5.